The van der Waals surface area contributed by atoms with E-state index in [9.17, 15) is 4.57 Å². The highest BCUT2D eigenvalue weighted by atomic mass is 31.1. The Kier molecular flexibility index (Phi) is 9.73. The topological polar surface area (TPSA) is 17.1 Å². The van der Waals surface area contributed by atoms with Crippen LogP contribution < -0.4 is 0 Å². The molecular formula is C20H38OP+. The lowest BCUT2D eigenvalue weighted by Gasteiger charge is -2.38. The summed E-state index contributed by atoms with van der Waals surface area (Å²) in [6.45, 7) is 0. The van der Waals surface area contributed by atoms with Crippen LogP contribution in [-0.2, 0) is 4.57 Å². The predicted octanol–water partition coefficient (Wildman–Crippen LogP) is 7.13. The highest BCUT2D eigenvalue weighted by Gasteiger charge is 2.30. The molecule has 0 N–H and O–H groups in total. The molecule has 2 aliphatic rings. The molecule has 0 aliphatic heterocycles. The van der Waals surface area contributed by atoms with Gasteiger partial charge in [-0.15, -0.1) is 0 Å². The minimum absolute atomic E-state index is 0.0788. The molecule has 0 saturated heterocycles. The van der Waals surface area contributed by atoms with E-state index in [-0.39, 0.29) is 8.46 Å². The fourth-order valence-corrected chi connectivity index (χ4v) is 5.48. The lowest BCUT2D eigenvalue weighted by molar-refractivity contribution is 0.131. The lowest BCUT2D eigenvalue weighted by Crippen LogP contribution is -2.27. The third-order valence-electron chi connectivity index (χ3n) is 6.33. The van der Waals surface area contributed by atoms with Crippen molar-refractivity contribution >= 4 is 8.46 Å². The zero-order valence-corrected chi connectivity index (χ0v) is 15.7. The van der Waals surface area contributed by atoms with Gasteiger partial charge in [-0.25, -0.2) is 0 Å². The Morgan fingerprint density at radius 1 is 0.682 bits per heavy atom. The molecule has 2 aliphatic carbocycles. The van der Waals surface area contributed by atoms with E-state index in [1.807, 2.05) is 0 Å². The van der Waals surface area contributed by atoms with E-state index in [0.29, 0.717) is 0 Å². The fraction of sp³-hybridized carbons (Fsp3) is 1.00. The summed E-state index contributed by atoms with van der Waals surface area (Å²) in [7, 11) is -0.0788. The first-order chi connectivity index (χ1) is 10.9. The van der Waals surface area contributed by atoms with Crippen LogP contribution in [-0.4, -0.2) is 6.16 Å². The van der Waals surface area contributed by atoms with E-state index in [1.165, 1.54) is 103 Å². The van der Waals surface area contributed by atoms with Gasteiger partial charge in [0.05, 0.1) is 0 Å². The van der Waals surface area contributed by atoms with Crippen molar-refractivity contribution in [1.29, 1.82) is 0 Å². The minimum Gasteiger partial charge on any atom is -0.0775 e. The van der Waals surface area contributed by atoms with Gasteiger partial charge in [-0.3, -0.25) is 0 Å². The van der Waals surface area contributed by atoms with E-state index in [2.05, 4.69) is 0 Å². The van der Waals surface area contributed by atoms with E-state index >= 15 is 0 Å². The SMILES string of the molecule is O=[PH+]CCCCCCCC(C1CCCCC1)C1CCCCC1. The van der Waals surface area contributed by atoms with Crippen molar-refractivity contribution in [2.75, 3.05) is 6.16 Å². The van der Waals surface area contributed by atoms with Gasteiger partial charge in [-0.1, -0.05) is 88.0 Å². The van der Waals surface area contributed by atoms with Crippen molar-refractivity contribution in [2.45, 2.75) is 103 Å². The Morgan fingerprint density at radius 2 is 1.18 bits per heavy atom. The van der Waals surface area contributed by atoms with E-state index in [4.69, 9.17) is 0 Å². The first-order valence-electron chi connectivity index (χ1n) is 10.3. The van der Waals surface area contributed by atoms with Gasteiger partial charge in [-0.05, 0) is 37.0 Å². The van der Waals surface area contributed by atoms with Gasteiger partial charge >= 0.3 is 8.46 Å². The Bertz CT molecular complexity index is 261. The third kappa shape index (κ3) is 6.69. The van der Waals surface area contributed by atoms with Crippen LogP contribution >= 0.6 is 8.46 Å². The maximum Gasteiger partial charge on any atom is 0.324 e. The number of unbranched alkanes of at least 4 members (excludes halogenated alkanes) is 4. The van der Waals surface area contributed by atoms with Gasteiger partial charge < -0.3 is 0 Å². The molecule has 22 heavy (non-hydrogen) atoms. The molecule has 0 radical (unpaired) electrons. The zero-order valence-electron chi connectivity index (χ0n) is 14.7. The highest BCUT2D eigenvalue weighted by molar-refractivity contribution is 7.23. The second kappa shape index (κ2) is 11.6. The minimum atomic E-state index is -0.0788. The quantitative estimate of drug-likeness (QED) is 0.308. The molecule has 0 amide bonds. The second-order valence-corrected chi connectivity index (χ2v) is 8.70. The summed E-state index contributed by atoms with van der Waals surface area (Å²) in [6, 6.07) is 0. The Hall–Kier alpha value is 0.100. The maximum atomic E-state index is 10.5. The Morgan fingerprint density at radius 3 is 1.73 bits per heavy atom. The maximum absolute atomic E-state index is 10.5. The average molecular weight is 325 g/mol. The molecule has 0 aromatic carbocycles. The average Bonchev–Trinajstić information content (AvgIpc) is 2.59. The van der Waals surface area contributed by atoms with E-state index in [1.54, 1.807) is 0 Å². The number of hydrogen-bond donors (Lipinski definition) is 0. The van der Waals surface area contributed by atoms with Crippen molar-refractivity contribution in [2.24, 2.45) is 17.8 Å². The summed E-state index contributed by atoms with van der Waals surface area (Å²) < 4.78 is 10.5. The standard InChI is InChI=1S/C20H37OP/c21-22-17-11-3-1-2-10-16-20(18-12-6-4-7-13-18)19-14-8-5-9-15-19/h18-20H,1-17H2/p+1. The molecule has 0 spiro atoms. The molecule has 0 aromatic rings. The second-order valence-electron chi connectivity index (χ2n) is 7.91. The van der Waals surface area contributed by atoms with Gasteiger partial charge in [0.1, 0.15) is 6.16 Å². The molecule has 2 rings (SSSR count). The zero-order chi connectivity index (χ0) is 15.5. The monoisotopic (exact) mass is 325 g/mol. The molecule has 2 heteroatoms. The van der Waals surface area contributed by atoms with E-state index in [0.717, 1.165) is 23.9 Å². The van der Waals surface area contributed by atoms with Gasteiger partial charge in [0.2, 0.25) is 0 Å². The lowest BCUT2D eigenvalue weighted by atomic mass is 9.68. The van der Waals surface area contributed by atoms with E-state index < -0.39 is 0 Å². The highest BCUT2D eigenvalue weighted by Crippen LogP contribution is 2.42. The van der Waals surface area contributed by atoms with Gasteiger partial charge in [0, 0.05) is 0 Å². The molecule has 0 heterocycles. The van der Waals surface area contributed by atoms with Crippen molar-refractivity contribution in [3.8, 4) is 0 Å². The number of rotatable bonds is 10. The summed E-state index contributed by atoms with van der Waals surface area (Å²) in [4.78, 5) is 0. The van der Waals surface area contributed by atoms with Crippen LogP contribution in [0.4, 0.5) is 0 Å². The first kappa shape index (κ1) is 18.4. The molecule has 1 unspecified atom stereocenters. The normalized spacial score (nSPS) is 21.7. The van der Waals surface area contributed by atoms with Crippen molar-refractivity contribution in [3.05, 3.63) is 0 Å². The van der Waals surface area contributed by atoms with Gasteiger partial charge in [-0.2, -0.15) is 0 Å². The van der Waals surface area contributed by atoms with Gasteiger partial charge in [0.25, 0.3) is 0 Å². The van der Waals surface area contributed by atoms with Crippen molar-refractivity contribution in [1.82, 2.24) is 0 Å². The first-order valence-corrected chi connectivity index (χ1v) is 11.4. The summed E-state index contributed by atoms with van der Waals surface area (Å²) in [5, 5.41) is 0. The van der Waals surface area contributed by atoms with Crippen molar-refractivity contribution in [3.63, 3.8) is 0 Å². The summed E-state index contributed by atoms with van der Waals surface area (Å²) in [6.07, 6.45) is 24.3. The van der Waals surface area contributed by atoms with Crippen LogP contribution in [0.3, 0.4) is 0 Å². The molecule has 0 bridgehead atoms. The van der Waals surface area contributed by atoms with Crippen LogP contribution in [0.1, 0.15) is 103 Å². The van der Waals surface area contributed by atoms with Crippen LogP contribution in [0.5, 0.6) is 0 Å². The summed E-state index contributed by atoms with van der Waals surface area (Å²) in [5.74, 6) is 3.20. The smallest absolute Gasteiger partial charge is 0.0775 e. The molecule has 2 saturated carbocycles. The third-order valence-corrected chi connectivity index (χ3v) is 6.88. The Balaban J connectivity index is 1.70. The molecule has 1 atom stereocenters. The van der Waals surface area contributed by atoms with Gasteiger partial charge in [0.15, 0.2) is 0 Å². The van der Waals surface area contributed by atoms with Crippen LogP contribution in [0, 0.1) is 17.8 Å². The van der Waals surface area contributed by atoms with Crippen LogP contribution in [0.25, 0.3) is 0 Å². The molecule has 128 valence electrons. The largest absolute Gasteiger partial charge is 0.324 e. The fourth-order valence-electron chi connectivity index (χ4n) is 5.09. The summed E-state index contributed by atoms with van der Waals surface area (Å²) >= 11 is 0. The molecule has 1 nitrogen and oxygen atoms in total. The predicted molar refractivity (Wildman–Crippen MR) is 98.2 cm³/mol. The Labute approximate surface area is 140 Å². The van der Waals surface area contributed by atoms with Crippen molar-refractivity contribution < 1.29 is 4.57 Å². The molecule has 0 aromatic heterocycles. The summed E-state index contributed by atoms with van der Waals surface area (Å²) in [5.41, 5.74) is 0. The number of hydrogen-bond acceptors (Lipinski definition) is 1. The molecule has 2 fully saturated rings. The van der Waals surface area contributed by atoms with Crippen LogP contribution in [0.2, 0.25) is 0 Å². The molecular weight excluding hydrogens is 287 g/mol. The van der Waals surface area contributed by atoms with Crippen LogP contribution in [0.15, 0.2) is 0 Å².